The number of likely N-dealkylation sites (tertiary alicyclic amines) is 1. The number of nitrogens with zero attached hydrogens (tertiary/aromatic N) is 2. The van der Waals surface area contributed by atoms with Gasteiger partial charge in [-0.05, 0) is 40.5 Å². The summed E-state index contributed by atoms with van der Waals surface area (Å²) in [7, 11) is 0. The maximum Gasteiger partial charge on any atom is 0.410 e. The molecule has 4 heteroatoms. The van der Waals surface area contributed by atoms with E-state index in [1.54, 1.807) is 4.90 Å². The summed E-state index contributed by atoms with van der Waals surface area (Å²) in [6, 6.07) is 2.35. The third-order valence-electron chi connectivity index (χ3n) is 2.69. The molecule has 0 spiro atoms. The van der Waals surface area contributed by atoms with E-state index in [9.17, 15) is 4.79 Å². The number of carbonyl (C=O) groups excluding carboxylic acids is 1. The molecule has 0 N–H and O–H groups in total. The molecular formula is C12H20N2O2. The van der Waals surface area contributed by atoms with Crippen molar-refractivity contribution < 1.29 is 9.53 Å². The minimum absolute atomic E-state index is 0.0775. The van der Waals surface area contributed by atoms with E-state index in [-0.39, 0.29) is 18.1 Å². The minimum atomic E-state index is -0.455. The van der Waals surface area contributed by atoms with Gasteiger partial charge >= 0.3 is 6.09 Å². The van der Waals surface area contributed by atoms with Crippen LogP contribution in [-0.4, -0.2) is 29.2 Å². The summed E-state index contributed by atoms with van der Waals surface area (Å²) in [5.74, 6) is 0.0775. The highest BCUT2D eigenvalue weighted by Gasteiger charge is 2.31. The largest absolute Gasteiger partial charge is 0.444 e. The zero-order valence-electron chi connectivity index (χ0n) is 10.5. The van der Waals surface area contributed by atoms with Gasteiger partial charge in [-0.3, -0.25) is 0 Å². The Morgan fingerprint density at radius 3 is 2.56 bits per heavy atom. The van der Waals surface area contributed by atoms with Crippen molar-refractivity contribution in [3.8, 4) is 6.07 Å². The fourth-order valence-electron chi connectivity index (χ4n) is 1.88. The Morgan fingerprint density at radius 1 is 1.50 bits per heavy atom. The van der Waals surface area contributed by atoms with E-state index in [4.69, 9.17) is 10.00 Å². The number of nitriles is 1. The Balaban J connectivity index is 2.56. The summed E-state index contributed by atoms with van der Waals surface area (Å²) in [5, 5.41) is 8.84. The molecule has 1 aliphatic rings. The van der Waals surface area contributed by atoms with E-state index in [0.717, 1.165) is 12.8 Å². The van der Waals surface area contributed by atoms with Crippen molar-refractivity contribution in [1.82, 2.24) is 4.90 Å². The first kappa shape index (κ1) is 12.8. The van der Waals surface area contributed by atoms with Crippen LogP contribution >= 0.6 is 0 Å². The molecule has 0 aromatic carbocycles. The van der Waals surface area contributed by atoms with Crippen molar-refractivity contribution in [1.29, 1.82) is 5.26 Å². The standard InChI is InChI=1S/C12H20N2O2/c1-9-7-10(8-13)5-6-14(9)11(15)16-12(2,3)4/h9-10H,5-7H2,1-4H3/t9-,10?/m1/s1. The number of hydrogen-bond acceptors (Lipinski definition) is 3. The van der Waals surface area contributed by atoms with Gasteiger partial charge in [-0.25, -0.2) is 4.79 Å². The fraction of sp³-hybridized carbons (Fsp3) is 0.833. The van der Waals surface area contributed by atoms with Crippen LogP contribution in [0, 0.1) is 17.2 Å². The molecule has 0 aromatic rings. The summed E-state index contributed by atoms with van der Waals surface area (Å²) in [5.41, 5.74) is -0.455. The van der Waals surface area contributed by atoms with Gasteiger partial charge in [0.05, 0.1) is 6.07 Å². The zero-order chi connectivity index (χ0) is 12.3. The first-order valence-electron chi connectivity index (χ1n) is 5.72. The molecule has 2 atom stereocenters. The molecular weight excluding hydrogens is 204 g/mol. The normalized spacial score (nSPS) is 26.1. The zero-order valence-corrected chi connectivity index (χ0v) is 10.5. The van der Waals surface area contributed by atoms with Gasteiger partial charge in [0, 0.05) is 18.5 Å². The topological polar surface area (TPSA) is 53.3 Å². The lowest BCUT2D eigenvalue weighted by Gasteiger charge is -2.36. The van der Waals surface area contributed by atoms with Crippen LogP contribution in [0.3, 0.4) is 0 Å². The second kappa shape index (κ2) is 4.73. The summed E-state index contributed by atoms with van der Waals surface area (Å²) in [6.45, 7) is 8.16. The molecule has 1 heterocycles. The Hall–Kier alpha value is -1.24. The number of ether oxygens (including phenoxy) is 1. The van der Waals surface area contributed by atoms with E-state index < -0.39 is 5.60 Å². The van der Waals surface area contributed by atoms with E-state index in [2.05, 4.69) is 6.07 Å². The highest BCUT2D eigenvalue weighted by molar-refractivity contribution is 5.68. The molecule has 1 rings (SSSR count). The lowest BCUT2D eigenvalue weighted by atomic mass is 9.93. The Morgan fingerprint density at radius 2 is 2.12 bits per heavy atom. The molecule has 0 radical (unpaired) electrons. The molecule has 90 valence electrons. The number of hydrogen-bond donors (Lipinski definition) is 0. The number of rotatable bonds is 0. The molecule has 1 saturated heterocycles. The lowest BCUT2D eigenvalue weighted by molar-refractivity contribution is 0.00947. The molecule has 0 saturated carbocycles. The van der Waals surface area contributed by atoms with Gasteiger partial charge in [-0.15, -0.1) is 0 Å². The number of amides is 1. The van der Waals surface area contributed by atoms with Crippen molar-refractivity contribution in [3.05, 3.63) is 0 Å². The quantitative estimate of drug-likeness (QED) is 0.635. The van der Waals surface area contributed by atoms with E-state index in [1.165, 1.54) is 0 Å². The van der Waals surface area contributed by atoms with E-state index in [1.807, 2.05) is 27.7 Å². The number of carbonyl (C=O) groups is 1. The third kappa shape index (κ3) is 3.41. The molecule has 1 amide bonds. The van der Waals surface area contributed by atoms with Gasteiger partial charge in [0.25, 0.3) is 0 Å². The van der Waals surface area contributed by atoms with Crippen molar-refractivity contribution in [3.63, 3.8) is 0 Å². The molecule has 0 bridgehead atoms. The van der Waals surface area contributed by atoms with Crippen LogP contribution in [0.15, 0.2) is 0 Å². The average Bonchev–Trinajstić information content (AvgIpc) is 2.14. The van der Waals surface area contributed by atoms with Crippen LogP contribution in [0.1, 0.15) is 40.5 Å². The smallest absolute Gasteiger partial charge is 0.410 e. The van der Waals surface area contributed by atoms with Gasteiger partial charge in [0.2, 0.25) is 0 Å². The van der Waals surface area contributed by atoms with Crippen LogP contribution in [0.4, 0.5) is 4.79 Å². The van der Waals surface area contributed by atoms with Crippen LogP contribution in [0.2, 0.25) is 0 Å². The number of piperidine rings is 1. The van der Waals surface area contributed by atoms with Crippen molar-refractivity contribution in [2.45, 2.75) is 52.2 Å². The summed E-state index contributed by atoms with van der Waals surface area (Å²) in [6.07, 6.45) is 1.23. The molecule has 1 fully saturated rings. The lowest BCUT2D eigenvalue weighted by Crippen LogP contribution is -2.46. The highest BCUT2D eigenvalue weighted by Crippen LogP contribution is 2.23. The summed E-state index contributed by atoms with van der Waals surface area (Å²) in [4.78, 5) is 13.6. The fourth-order valence-corrected chi connectivity index (χ4v) is 1.88. The van der Waals surface area contributed by atoms with Gasteiger partial charge in [0.15, 0.2) is 0 Å². The predicted molar refractivity (Wildman–Crippen MR) is 60.7 cm³/mol. The molecule has 0 aliphatic carbocycles. The molecule has 16 heavy (non-hydrogen) atoms. The summed E-state index contributed by atoms with van der Waals surface area (Å²) >= 11 is 0. The second-order valence-corrected chi connectivity index (χ2v) is 5.37. The van der Waals surface area contributed by atoms with Crippen molar-refractivity contribution >= 4 is 6.09 Å². The van der Waals surface area contributed by atoms with E-state index >= 15 is 0 Å². The van der Waals surface area contributed by atoms with Crippen LogP contribution < -0.4 is 0 Å². The molecule has 0 aromatic heterocycles. The SMILES string of the molecule is C[C@@H]1CC(C#N)CCN1C(=O)OC(C)(C)C. The van der Waals surface area contributed by atoms with E-state index in [0.29, 0.717) is 6.54 Å². The van der Waals surface area contributed by atoms with Crippen LogP contribution in [0.25, 0.3) is 0 Å². The van der Waals surface area contributed by atoms with Gasteiger partial charge in [0.1, 0.15) is 5.60 Å². The first-order chi connectivity index (χ1) is 7.33. The van der Waals surface area contributed by atoms with Crippen LogP contribution in [-0.2, 0) is 4.74 Å². The maximum absolute atomic E-state index is 11.8. The maximum atomic E-state index is 11.8. The molecule has 1 unspecified atom stereocenters. The summed E-state index contributed by atoms with van der Waals surface area (Å²) < 4.78 is 5.32. The van der Waals surface area contributed by atoms with Crippen LogP contribution in [0.5, 0.6) is 0 Å². The predicted octanol–water partition coefficient (Wildman–Crippen LogP) is 2.55. The Kier molecular flexibility index (Phi) is 3.79. The highest BCUT2D eigenvalue weighted by atomic mass is 16.6. The Labute approximate surface area is 97.2 Å². The van der Waals surface area contributed by atoms with Crippen molar-refractivity contribution in [2.75, 3.05) is 6.54 Å². The molecule has 4 nitrogen and oxygen atoms in total. The Bertz CT molecular complexity index is 301. The van der Waals surface area contributed by atoms with Gasteiger partial charge in [-0.1, -0.05) is 0 Å². The van der Waals surface area contributed by atoms with Gasteiger partial charge < -0.3 is 9.64 Å². The first-order valence-corrected chi connectivity index (χ1v) is 5.72. The molecule has 1 aliphatic heterocycles. The minimum Gasteiger partial charge on any atom is -0.444 e. The second-order valence-electron chi connectivity index (χ2n) is 5.37. The van der Waals surface area contributed by atoms with Crippen molar-refractivity contribution in [2.24, 2.45) is 5.92 Å². The van der Waals surface area contributed by atoms with Gasteiger partial charge in [-0.2, -0.15) is 5.26 Å². The average molecular weight is 224 g/mol. The third-order valence-corrected chi connectivity index (χ3v) is 2.69. The monoisotopic (exact) mass is 224 g/mol.